The summed E-state index contributed by atoms with van der Waals surface area (Å²) in [6.07, 6.45) is 7.45. The Balaban J connectivity index is 2.05. The maximum Gasteiger partial charge on any atom is 0.332 e. The van der Waals surface area contributed by atoms with Crippen LogP contribution in [0.4, 0.5) is 0 Å². The average molecular weight is 363 g/mol. The van der Waals surface area contributed by atoms with E-state index in [1.54, 1.807) is 6.92 Å². The fraction of sp³-hybridized carbons (Fsp3) is 0.304. The van der Waals surface area contributed by atoms with Crippen LogP contribution in [0.3, 0.4) is 0 Å². The molecule has 6 rings (SSSR count). The molecule has 0 saturated carbocycles. The van der Waals surface area contributed by atoms with Gasteiger partial charge in [-0.1, -0.05) is 60.7 Å². The molecule has 1 amide bonds. The minimum absolute atomic E-state index is 0.269. The minimum Gasteiger partial charge on any atom is -0.464 e. The Morgan fingerprint density at radius 1 is 0.926 bits per heavy atom. The van der Waals surface area contributed by atoms with Crippen LogP contribution in [0.15, 0.2) is 60.7 Å². The Morgan fingerprint density at radius 2 is 1.37 bits per heavy atom. The highest BCUT2D eigenvalue weighted by molar-refractivity contribution is 5.84. The second-order valence-corrected chi connectivity index (χ2v) is 6.93. The lowest BCUT2D eigenvalue weighted by Crippen LogP contribution is -2.56. The van der Waals surface area contributed by atoms with Crippen LogP contribution in [0, 0.1) is 0 Å². The maximum atomic E-state index is 12.9. The highest BCUT2D eigenvalue weighted by Gasteiger charge is 2.40. The molecule has 4 heteroatoms. The zero-order valence-electron chi connectivity index (χ0n) is 15.6. The monoisotopic (exact) mass is 363 g/mol. The van der Waals surface area contributed by atoms with Gasteiger partial charge < -0.3 is 10.1 Å². The van der Waals surface area contributed by atoms with E-state index in [1.807, 2.05) is 24.3 Å². The van der Waals surface area contributed by atoms with E-state index in [0.717, 1.165) is 24.0 Å². The van der Waals surface area contributed by atoms with Crippen molar-refractivity contribution in [3.8, 4) is 0 Å². The van der Waals surface area contributed by atoms with Crippen LogP contribution < -0.4 is 5.32 Å². The summed E-state index contributed by atoms with van der Waals surface area (Å²) in [6.45, 7) is 2.04. The van der Waals surface area contributed by atoms with Crippen molar-refractivity contribution in [3.05, 3.63) is 82.9 Å². The molecule has 0 aliphatic heterocycles. The molecule has 0 atom stereocenters. The second-order valence-electron chi connectivity index (χ2n) is 6.93. The van der Waals surface area contributed by atoms with Crippen LogP contribution in [0.2, 0.25) is 0 Å². The molecular weight excluding hydrogens is 338 g/mol. The zero-order chi connectivity index (χ0) is 19.1. The summed E-state index contributed by atoms with van der Waals surface area (Å²) in [6, 6.07) is 16.4. The van der Waals surface area contributed by atoms with Crippen LogP contribution in [0.5, 0.6) is 0 Å². The SMILES string of the molecule is CCOC(=O)C1(NC=O)Cc2ccc(cc2)C/C=C\Cc2ccc(cc2)C1. The lowest BCUT2D eigenvalue weighted by Gasteiger charge is -2.31. The molecule has 0 heterocycles. The van der Waals surface area contributed by atoms with Gasteiger partial charge in [0.05, 0.1) is 6.61 Å². The number of allylic oxidation sites excluding steroid dienone is 2. The quantitative estimate of drug-likeness (QED) is 0.516. The first-order valence-electron chi connectivity index (χ1n) is 9.34. The first kappa shape index (κ1) is 18.9. The molecule has 4 aliphatic carbocycles. The van der Waals surface area contributed by atoms with E-state index in [1.165, 1.54) is 11.1 Å². The highest BCUT2D eigenvalue weighted by Crippen LogP contribution is 2.23. The third-order valence-corrected chi connectivity index (χ3v) is 4.93. The molecule has 0 aromatic heterocycles. The number of carbonyl (C=O) groups is 2. The van der Waals surface area contributed by atoms with Crippen molar-refractivity contribution in [3.63, 3.8) is 0 Å². The molecule has 4 nitrogen and oxygen atoms in total. The van der Waals surface area contributed by atoms with Crippen molar-refractivity contribution < 1.29 is 14.3 Å². The molecule has 2 aromatic rings. The predicted molar refractivity (Wildman–Crippen MR) is 105 cm³/mol. The second kappa shape index (κ2) is 8.67. The van der Waals surface area contributed by atoms with Gasteiger partial charge in [0.1, 0.15) is 5.54 Å². The zero-order valence-corrected chi connectivity index (χ0v) is 15.6. The van der Waals surface area contributed by atoms with Gasteiger partial charge in [-0.15, -0.1) is 0 Å². The standard InChI is InChI=1S/C23H25NO3/c1-2-27-22(26)23(24-17-25)15-20-11-7-18(8-12-20)5-3-4-6-19-9-13-21(16-23)14-10-19/h3-4,7-14,17H,2,5-6,15-16H2,1H3,(H,24,25)/b4-3-. The Kier molecular flexibility index (Phi) is 6.07. The van der Waals surface area contributed by atoms with E-state index in [9.17, 15) is 9.59 Å². The molecule has 0 fully saturated rings. The van der Waals surface area contributed by atoms with E-state index < -0.39 is 11.5 Å². The number of hydrogen-bond donors (Lipinski definition) is 1. The summed E-state index contributed by atoms with van der Waals surface area (Å²) in [5.74, 6) is -0.406. The van der Waals surface area contributed by atoms with Crippen molar-refractivity contribution in [2.24, 2.45) is 0 Å². The smallest absolute Gasteiger partial charge is 0.332 e. The third-order valence-electron chi connectivity index (χ3n) is 4.93. The maximum absolute atomic E-state index is 12.9. The number of amides is 1. The third kappa shape index (κ3) is 4.64. The van der Waals surface area contributed by atoms with Gasteiger partial charge in [-0.25, -0.2) is 4.79 Å². The van der Waals surface area contributed by atoms with Crippen molar-refractivity contribution in [1.82, 2.24) is 5.32 Å². The fourth-order valence-corrected chi connectivity index (χ4v) is 3.47. The van der Waals surface area contributed by atoms with Crippen molar-refractivity contribution >= 4 is 12.4 Å². The van der Waals surface area contributed by atoms with Crippen molar-refractivity contribution in [2.45, 2.75) is 38.1 Å². The number of ether oxygens (including phenoxy) is 1. The Hall–Kier alpha value is -2.88. The molecule has 1 N–H and O–H groups in total. The molecule has 4 bridgehead atoms. The number of rotatable bonds is 4. The summed E-state index contributed by atoms with van der Waals surface area (Å²) in [7, 11) is 0. The van der Waals surface area contributed by atoms with Gasteiger partial charge in [0.25, 0.3) is 0 Å². The topological polar surface area (TPSA) is 55.4 Å². The minimum atomic E-state index is -1.13. The van der Waals surface area contributed by atoms with Gasteiger partial charge in [-0.05, 0) is 42.0 Å². The molecule has 2 aromatic carbocycles. The molecule has 27 heavy (non-hydrogen) atoms. The number of esters is 1. The summed E-state index contributed by atoms with van der Waals surface area (Å²) < 4.78 is 5.33. The van der Waals surface area contributed by atoms with Crippen molar-refractivity contribution in [2.75, 3.05) is 6.61 Å². The molecule has 0 spiro atoms. The summed E-state index contributed by atoms with van der Waals surface area (Å²) in [5.41, 5.74) is 3.27. The molecule has 0 unspecified atom stereocenters. The van der Waals surface area contributed by atoms with E-state index in [0.29, 0.717) is 19.3 Å². The predicted octanol–water partition coefficient (Wildman–Crippen LogP) is 3.17. The van der Waals surface area contributed by atoms with Crippen LogP contribution in [-0.2, 0) is 40.0 Å². The number of nitrogens with one attached hydrogen (secondary N) is 1. The lowest BCUT2D eigenvalue weighted by molar-refractivity contribution is -0.152. The van der Waals surface area contributed by atoms with Crippen LogP contribution in [0.1, 0.15) is 29.2 Å². The van der Waals surface area contributed by atoms with Gasteiger partial charge in [0.2, 0.25) is 6.41 Å². The summed E-state index contributed by atoms with van der Waals surface area (Å²) >= 11 is 0. The number of hydrogen-bond acceptors (Lipinski definition) is 3. The van der Waals surface area contributed by atoms with Crippen molar-refractivity contribution in [1.29, 1.82) is 0 Å². The van der Waals surface area contributed by atoms with Gasteiger partial charge >= 0.3 is 5.97 Å². The van der Waals surface area contributed by atoms with Crippen LogP contribution in [-0.4, -0.2) is 24.5 Å². The first-order valence-corrected chi connectivity index (χ1v) is 9.34. The van der Waals surface area contributed by atoms with Gasteiger partial charge in [-0.2, -0.15) is 0 Å². The molecular formula is C23H25NO3. The first-order chi connectivity index (χ1) is 13.1. The lowest BCUT2D eigenvalue weighted by atomic mass is 9.84. The Morgan fingerprint density at radius 3 is 1.78 bits per heavy atom. The van der Waals surface area contributed by atoms with E-state index >= 15 is 0 Å². The summed E-state index contributed by atoms with van der Waals surface area (Å²) in [4.78, 5) is 24.3. The molecule has 0 saturated heterocycles. The van der Waals surface area contributed by atoms with Crippen LogP contribution in [0.25, 0.3) is 0 Å². The van der Waals surface area contributed by atoms with E-state index in [4.69, 9.17) is 4.74 Å². The normalized spacial score (nSPS) is 16.8. The van der Waals surface area contributed by atoms with Gasteiger partial charge in [-0.3, -0.25) is 4.79 Å². The Labute approximate surface area is 160 Å². The summed E-state index contributed by atoms with van der Waals surface area (Å²) in [5, 5.41) is 2.78. The fourth-order valence-electron chi connectivity index (χ4n) is 3.47. The molecule has 140 valence electrons. The average Bonchev–Trinajstić information content (AvgIpc) is 2.69. The number of carbonyl (C=O) groups excluding carboxylic acids is 2. The highest BCUT2D eigenvalue weighted by atomic mass is 16.5. The van der Waals surface area contributed by atoms with E-state index in [-0.39, 0.29) is 6.61 Å². The molecule has 4 aliphatic rings. The van der Waals surface area contributed by atoms with E-state index in [2.05, 4.69) is 41.7 Å². The Bertz CT molecular complexity index is 753. The van der Waals surface area contributed by atoms with Crippen LogP contribution >= 0.6 is 0 Å². The number of benzene rings is 2. The largest absolute Gasteiger partial charge is 0.464 e. The molecule has 0 radical (unpaired) electrons. The van der Waals surface area contributed by atoms with Gasteiger partial charge in [0, 0.05) is 12.8 Å². The van der Waals surface area contributed by atoms with Gasteiger partial charge in [0.15, 0.2) is 0 Å².